The zero-order chi connectivity index (χ0) is 14.2. The molecule has 1 aliphatic rings. The van der Waals surface area contributed by atoms with Crippen LogP contribution in [-0.2, 0) is 11.2 Å². The van der Waals surface area contributed by atoms with Crippen LogP contribution in [0, 0.1) is 0 Å². The first-order valence-electron chi connectivity index (χ1n) is 5.99. The Balaban J connectivity index is 2.24. The number of rotatable bonds is 1. The SMILES string of the molecule is CC(C)(C)OC(=O)N1CCc2ncsc2C1C(F)F. The lowest BCUT2D eigenvalue weighted by atomic mass is 10.1. The fourth-order valence-corrected chi connectivity index (χ4v) is 2.94. The Hall–Kier alpha value is -1.24. The quantitative estimate of drug-likeness (QED) is 0.797. The minimum Gasteiger partial charge on any atom is -0.444 e. The Labute approximate surface area is 114 Å². The highest BCUT2D eigenvalue weighted by molar-refractivity contribution is 7.09. The summed E-state index contributed by atoms with van der Waals surface area (Å²) in [6, 6.07) is -1.24. The topological polar surface area (TPSA) is 42.4 Å². The van der Waals surface area contributed by atoms with E-state index in [9.17, 15) is 13.6 Å². The Bertz CT molecular complexity index is 471. The fraction of sp³-hybridized carbons (Fsp3) is 0.667. The lowest BCUT2D eigenvalue weighted by Gasteiger charge is -2.35. The number of hydrogen-bond acceptors (Lipinski definition) is 4. The van der Waals surface area contributed by atoms with Crippen molar-refractivity contribution in [2.75, 3.05) is 6.54 Å². The van der Waals surface area contributed by atoms with Gasteiger partial charge < -0.3 is 4.74 Å². The average molecular weight is 290 g/mol. The first-order chi connectivity index (χ1) is 8.79. The number of hydrogen-bond donors (Lipinski definition) is 0. The second-order valence-corrected chi connectivity index (χ2v) is 6.25. The highest BCUT2D eigenvalue weighted by Gasteiger charge is 2.40. The Morgan fingerprint density at radius 1 is 1.58 bits per heavy atom. The standard InChI is InChI=1S/C12H16F2N2O2S/c1-12(2,3)18-11(17)16-5-4-7-9(19-6-15-7)8(16)10(13)14/h6,8,10H,4-5H2,1-3H3. The zero-order valence-corrected chi connectivity index (χ0v) is 11.8. The maximum absolute atomic E-state index is 13.2. The number of halogens is 2. The highest BCUT2D eigenvalue weighted by atomic mass is 32.1. The van der Waals surface area contributed by atoms with Crippen LogP contribution in [0.5, 0.6) is 0 Å². The first kappa shape index (κ1) is 14.2. The van der Waals surface area contributed by atoms with Crippen LogP contribution in [0.1, 0.15) is 37.4 Å². The lowest BCUT2D eigenvalue weighted by molar-refractivity contribution is -0.0180. The van der Waals surface area contributed by atoms with E-state index in [0.29, 0.717) is 17.0 Å². The largest absolute Gasteiger partial charge is 0.444 e. The van der Waals surface area contributed by atoms with Crippen molar-refractivity contribution in [1.82, 2.24) is 9.88 Å². The van der Waals surface area contributed by atoms with E-state index >= 15 is 0 Å². The molecule has 2 rings (SSSR count). The van der Waals surface area contributed by atoms with Crippen LogP contribution in [0.2, 0.25) is 0 Å². The molecule has 0 aromatic carbocycles. The summed E-state index contributed by atoms with van der Waals surface area (Å²) in [5.41, 5.74) is 1.51. The van der Waals surface area contributed by atoms with E-state index in [1.54, 1.807) is 26.3 Å². The van der Waals surface area contributed by atoms with Gasteiger partial charge in [-0.25, -0.2) is 18.6 Å². The number of alkyl halides is 2. The number of fused-ring (bicyclic) bond motifs is 1. The van der Waals surface area contributed by atoms with Crippen LogP contribution in [0.15, 0.2) is 5.51 Å². The number of ether oxygens (including phenoxy) is 1. The molecule has 1 aliphatic heterocycles. The molecule has 106 valence electrons. The third-order valence-electron chi connectivity index (χ3n) is 2.73. The fourth-order valence-electron chi connectivity index (χ4n) is 1.99. The maximum atomic E-state index is 13.2. The van der Waals surface area contributed by atoms with Gasteiger partial charge in [0.1, 0.15) is 11.6 Å². The van der Waals surface area contributed by atoms with E-state index in [0.717, 1.165) is 16.2 Å². The van der Waals surface area contributed by atoms with Gasteiger partial charge in [-0.15, -0.1) is 11.3 Å². The van der Waals surface area contributed by atoms with E-state index in [1.165, 1.54) is 0 Å². The molecule has 0 fully saturated rings. The summed E-state index contributed by atoms with van der Waals surface area (Å²) in [5.74, 6) is 0. The Morgan fingerprint density at radius 2 is 2.26 bits per heavy atom. The van der Waals surface area contributed by atoms with Gasteiger partial charge in [0, 0.05) is 13.0 Å². The van der Waals surface area contributed by atoms with Crippen molar-refractivity contribution in [3.8, 4) is 0 Å². The smallest absolute Gasteiger partial charge is 0.411 e. The molecule has 0 spiro atoms. The van der Waals surface area contributed by atoms with Gasteiger partial charge in [0.05, 0.1) is 16.1 Å². The molecule has 0 bridgehead atoms. The summed E-state index contributed by atoms with van der Waals surface area (Å²) in [6.07, 6.45) is -2.86. The molecular formula is C12H16F2N2O2S. The summed E-state index contributed by atoms with van der Waals surface area (Å²) in [6.45, 7) is 5.35. The van der Waals surface area contributed by atoms with Crippen molar-refractivity contribution in [2.24, 2.45) is 0 Å². The van der Waals surface area contributed by atoms with Crippen molar-refractivity contribution in [2.45, 2.75) is 45.3 Å². The molecule has 1 amide bonds. The molecule has 1 aromatic rings. The van der Waals surface area contributed by atoms with Gasteiger partial charge in [0.15, 0.2) is 0 Å². The minimum atomic E-state index is -2.65. The molecule has 19 heavy (non-hydrogen) atoms. The van der Waals surface area contributed by atoms with E-state index in [2.05, 4.69) is 4.98 Å². The van der Waals surface area contributed by atoms with Gasteiger partial charge in [-0.3, -0.25) is 4.90 Å². The number of aromatic nitrogens is 1. The van der Waals surface area contributed by atoms with Crippen LogP contribution in [0.25, 0.3) is 0 Å². The average Bonchev–Trinajstić information content (AvgIpc) is 2.72. The third kappa shape index (κ3) is 3.02. The second kappa shape index (κ2) is 5.03. The molecule has 0 aliphatic carbocycles. The van der Waals surface area contributed by atoms with Gasteiger partial charge in [0.2, 0.25) is 0 Å². The van der Waals surface area contributed by atoms with Crippen LogP contribution < -0.4 is 0 Å². The molecule has 0 saturated heterocycles. The van der Waals surface area contributed by atoms with Crippen molar-refractivity contribution in [3.05, 3.63) is 16.1 Å². The van der Waals surface area contributed by atoms with Crippen LogP contribution in [0.4, 0.5) is 13.6 Å². The van der Waals surface area contributed by atoms with Crippen LogP contribution in [0.3, 0.4) is 0 Å². The Kier molecular flexibility index (Phi) is 3.75. The van der Waals surface area contributed by atoms with Crippen LogP contribution >= 0.6 is 11.3 Å². The monoisotopic (exact) mass is 290 g/mol. The number of carbonyl (C=O) groups excluding carboxylic acids is 1. The summed E-state index contributed by atoms with van der Waals surface area (Å²) < 4.78 is 31.7. The van der Waals surface area contributed by atoms with Gasteiger partial charge in [-0.2, -0.15) is 0 Å². The van der Waals surface area contributed by atoms with Crippen molar-refractivity contribution >= 4 is 17.4 Å². The molecule has 1 aromatic heterocycles. The van der Waals surface area contributed by atoms with Gasteiger partial charge in [0.25, 0.3) is 6.43 Å². The molecular weight excluding hydrogens is 274 g/mol. The molecule has 1 unspecified atom stereocenters. The van der Waals surface area contributed by atoms with E-state index in [4.69, 9.17) is 4.74 Å². The number of thiazole rings is 1. The molecule has 7 heteroatoms. The number of carbonyl (C=O) groups is 1. The van der Waals surface area contributed by atoms with E-state index in [-0.39, 0.29) is 6.54 Å². The normalized spacial score (nSPS) is 19.5. The summed E-state index contributed by atoms with van der Waals surface area (Å²) in [7, 11) is 0. The lowest BCUT2D eigenvalue weighted by Crippen LogP contribution is -2.45. The molecule has 0 N–H and O–H groups in total. The van der Waals surface area contributed by atoms with Gasteiger partial charge >= 0.3 is 6.09 Å². The predicted molar refractivity (Wildman–Crippen MR) is 67.5 cm³/mol. The Morgan fingerprint density at radius 3 is 2.84 bits per heavy atom. The highest BCUT2D eigenvalue weighted by Crippen LogP contribution is 2.37. The third-order valence-corrected chi connectivity index (χ3v) is 3.68. The van der Waals surface area contributed by atoms with Crippen molar-refractivity contribution in [1.29, 1.82) is 0 Å². The zero-order valence-electron chi connectivity index (χ0n) is 11.0. The van der Waals surface area contributed by atoms with E-state index < -0.39 is 24.2 Å². The second-order valence-electron chi connectivity index (χ2n) is 5.37. The summed E-state index contributed by atoms with van der Waals surface area (Å²) in [4.78, 5) is 17.7. The number of amides is 1. The van der Waals surface area contributed by atoms with Crippen molar-refractivity contribution in [3.63, 3.8) is 0 Å². The molecule has 1 atom stereocenters. The molecule has 0 radical (unpaired) electrons. The predicted octanol–water partition coefficient (Wildman–Crippen LogP) is 3.24. The maximum Gasteiger partial charge on any atom is 0.411 e. The minimum absolute atomic E-state index is 0.209. The first-order valence-corrected chi connectivity index (χ1v) is 6.87. The number of nitrogens with zero attached hydrogens (tertiary/aromatic N) is 2. The van der Waals surface area contributed by atoms with Gasteiger partial charge in [-0.05, 0) is 20.8 Å². The van der Waals surface area contributed by atoms with E-state index in [1.807, 2.05) is 0 Å². The molecule has 4 nitrogen and oxygen atoms in total. The summed E-state index contributed by atoms with van der Waals surface area (Å²) in [5, 5.41) is 0. The van der Waals surface area contributed by atoms with Crippen molar-refractivity contribution < 1.29 is 18.3 Å². The van der Waals surface area contributed by atoms with Gasteiger partial charge in [-0.1, -0.05) is 0 Å². The molecule has 2 heterocycles. The molecule has 0 saturated carbocycles. The summed E-state index contributed by atoms with van der Waals surface area (Å²) >= 11 is 1.16. The van der Waals surface area contributed by atoms with Crippen LogP contribution in [-0.4, -0.2) is 34.5 Å².